The summed E-state index contributed by atoms with van der Waals surface area (Å²) in [6.07, 6.45) is 1.26. The third-order valence-electron chi connectivity index (χ3n) is 5.78. The number of aryl methyl sites for hydroxylation is 3. The van der Waals surface area contributed by atoms with Gasteiger partial charge >= 0.3 is 0 Å². The van der Waals surface area contributed by atoms with Crippen molar-refractivity contribution in [2.24, 2.45) is 0 Å². The molecule has 1 amide bonds. The summed E-state index contributed by atoms with van der Waals surface area (Å²) in [5.74, 6) is -1.28. The van der Waals surface area contributed by atoms with Gasteiger partial charge in [-0.3, -0.25) is 4.79 Å². The molecule has 0 N–H and O–H groups in total. The van der Waals surface area contributed by atoms with E-state index >= 15 is 0 Å². The topological polar surface area (TPSA) is 87.0 Å². The zero-order valence-electron chi connectivity index (χ0n) is 17.4. The van der Waals surface area contributed by atoms with E-state index in [1.807, 2.05) is 0 Å². The van der Waals surface area contributed by atoms with E-state index in [9.17, 15) is 22.0 Å². The zero-order chi connectivity index (χ0) is 22.3. The summed E-state index contributed by atoms with van der Waals surface area (Å²) in [6, 6.07) is 2.15. The van der Waals surface area contributed by atoms with Crippen LogP contribution in [0.2, 0.25) is 0 Å². The lowest BCUT2D eigenvalue weighted by Gasteiger charge is -2.36. The Morgan fingerprint density at radius 2 is 1.84 bits per heavy atom. The Labute approximate surface area is 179 Å². The molecule has 8 nitrogen and oxygen atoms in total. The van der Waals surface area contributed by atoms with Crippen molar-refractivity contribution in [3.8, 4) is 0 Å². The number of hydrogen-bond donors (Lipinski definition) is 0. The first-order chi connectivity index (χ1) is 14.7. The number of sulfonamides is 1. The van der Waals surface area contributed by atoms with Gasteiger partial charge in [0, 0.05) is 38.8 Å². The SMILES string of the molecule is Cc1noc(C)c1S(=O)(=O)N1CCN(C(=O)CN2CCCc3cc(F)cc(F)c32)CC1. The van der Waals surface area contributed by atoms with Gasteiger partial charge in [-0.05, 0) is 38.3 Å². The Morgan fingerprint density at radius 1 is 1.13 bits per heavy atom. The number of fused-ring (bicyclic) bond motifs is 1. The number of halogens is 2. The highest BCUT2D eigenvalue weighted by molar-refractivity contribution is 7.89. The minimum Gasteiger partial charge on any atom is -0.360 e. The van der Waals surface area contributed by atoms with E-state index in [4.69, 9.17) is 4.52 Å². The van der Waals surface area contributed by atoms with Crippen LogP contribution < -0.4 is 4.90 Å². The van der Waals surface area contributed by atoms with E-state index in [0.717, 1.165) is 6.07 Å². The van der Waals surface area contributed by atoms with Gasteiger partial charge in [0.2, 0.25) is 15.9 Å². The summed E-state index contributed by atoms with van der Waals surface area (Å²) in [5.41, 5.74) is 1.14. The molecule has 0 spiro atoms. The van der Waals surface area contributed by atoms with Crippen molar-refractivity contribution in [1.82, 2.24) is 14.4 Å². The highest BCUT2D eigenvalue weighted by Crippen LogP contribution is 2.31. The highest BCUT2D eigenvalue weighted by Gasteiger charge is 2.35. The average Bonchev–Trinajstić information content (AvgIpc) is 3.06. The molecule has 0 atom stereocenters. The maximum atomic E-state index is 14.4. The van der Waals surface area contributed by atoms with E-state index in [1.165, 1.54) is 10.4 Å². The first kappa shape index (κ1) is 21.7. The van der Waals surface area contributed by atoms with Crippen LogP contribution in [-0.4, -0.2) is 68.0 Å². The molecular formula is C20H24F2N4O4S. The fourth-order valence-electron chi connectivity index (χ4n) is 4.31. The Kier molecular flexibility index (Phi) is 5.73. The first-order valence-electron chi connectivity index (χ1n) is 10.1. The lowest BCUT2D eigenvalue weighted by atomic mass is 10.0. The summed E-state index contributed by atoms with van der Waals surface area (Å²) in [5, 5.41) is 3.71. The number of aromatic nitrogens is 1. The minimum atomic E-state index is -3.76. The second-order valence-corrected chi connectivity index (χ2v) is 9.73. The van der Waals surface area contributed by atoms with Crippen molar-refractivity contribution in [3.05, 3.63) is 40.8 Å². The van der Waals surface area contributed by atoms with Gasteiger partial charge < -0.3 is 14.3 Å². The minimum absolute atomic E-state index is 0.0355. The highest BCUT2D eigenvalue weighted by atomic mass is 32.2. The van der Waals surface area contributed by atoms with Crippen LogP contribution >= 0.6 is 0 Å². The Balaban J connectivity index is 1.42. The quantitative estimate of drug-likeness (QED) is 0.701. The number of piperazine rings is 1. The van der Waals surface area contributed by atoms with E-state index in [-0.39, 0.29) is 55.0 Å². The fourth-order valence-corrected chi connectivity index (χ4v) is 6.02. The number of nitrogens with zero attached hydrogens (tertiary/aromatic N) is 4. The average molecular weight is 454 g/mol. The molecule has 11 heteroatoms. The second-order valence-electron chi connectivity index (χ2n) is 7.86. The van der Waals surface area contributed by atoms with Gasteiger partial charge in [0.1, 0.15) is 22.2 Å². The third-order valence-corrected chi connectivity index (χ3v) is 7.92. The van der Waals surface area contributed by atoms with E-state index in [1.54, 1.807) is 23.6 Å². The summed E-state index contributed by atoms with van der Waals surface area (Å²) in [4.78, 5) is 16.1. The lowest BCUT2D eigenvalue weighted by Crippen LogP contribution is -2.53. The van der Waals surface area contributed by atoms with Crippen molar-refractivity contribution in [1.29, 1.82) is 0 Å². The molecule has 1 aromatic carbocycles. The van der Waals surface area contributed by atoms with Crippen LogP contribution in [0.4, 0.5) is 14.5 Å². The predicted octanol–water partition coefficient (Wildman–Crippen LogP) is 1.86. The Bertz CT molecular complexity index is 1090. The number of carbonyl (C=O) groups excluding carboxylic acids is 1. The normalized spacial score (nSPS) is 17.7. The van der Waals surface area contributed by atoms with Gasteiger partial charge in [0.15, 0.2) is 5.76 Å². The largest absolute Gasteiger partial charge is 0.360 e. The van der Waals surface area contributed by atoms with Crippen LogP contribution in [0.5, 0.6) is 0 Å². The summed E-state index contributed by atoms with van der Waals surface area (Å²) < 4.78 is 60.0. The van der Waals surface area contributed by atoms with Crippen LogP contribution in [0.3, 0.4) is 0 Å². The molecule has 0 radical (unpaired) electrons. The predicted molar refractivity (Wildman–Crippen MR) is 108 cm³/mol. The Morgan fingerprint density at radius 3 is 2.48 bits per heavy atom. The molecule has 2 aromatic rings. The van der Waals surface area contributed by atoms with Gasteiger partial charge in [0.05, 0.1) is 12.2 Å². The van der Waals surface area contributed by atoms with Gasteiger partial charge in [-0.15, -0.1) is 0 Å². The molecular weight excluding hydrogens is 430 g/mol. The van der Waals surface area contributed by atoms with Crippen LogP contribution in [0.25, 0.3) is 0 Å². The molecule has 2 aliphatic heterocycles. The molecule has 1 aromatic heterocycles. The summed E-state index contributed by atoms with van der Waals surface area (Å²) in [7, 11) is -3.76. The molecule has 3 heterocycles. The molecule has 2 aliphatic rings. The molecule has 0 saturated carbocycles. The van der Waals surface area contributed by atoms with Crippen molar-refractivity contribution in [2.75, 3.05) is 44.2 Å². The Hall–Kier alpha value is -2.53. The molecule has 0 bridgehead atoms. The van der Waals surface area contributed by atoms with Crippen molar-refractivity contribution < 1.29 is 26.5 Å². The monoisotopic (exact) mass is 454 g/mol. The van der Waals surface area contributed by atoms with Gasteiger partial charge in [0.25, 0.3) is 0 Å². The van der Waals surface area contributed by atoms with Crippen molar-refractivity contribution >= 4 is 21.6 Å². The van der Waals surface area contributed by atoms with Gasteiger partial charge in [-0.1, -0.05) is 5.16 Å². The van der Waals surface area contributed by atoms with E-state index in [0.29, 0.717) is 30.6 Å². The maximum Gasteiger partial charge on any atom is 0.248 e. The molecule has 1 fully saturated rings. The number of anilines is 1. The molecule has 168 valence electrons. The van der Waals surface area contributed by atoms with E-state index in [2.05, 4.69) is 5.16 Å². The molecule has 0 aliphatic carbocycles. The lowest BCUT2D eigenvalue weighted by molar-refractivity contribution is -0.130. The van der Waals surface area contributed by atoms with Crippen LogP contribution in [0, 0.1) is 25.5 Å². The van der Waals surface area contributed by atoms with Gasteiger partial charge in [-0.25, -0.2) is 17.2 Å². The number of hydrogen-bond acceptors (Lipinski definition) is 6. The zero-order valence-corrected chi connectivity index (χ0v) is 18.2. The maximum absolute atomic E-state index is 14.4. The number of carbonyl (C=O) groups is 1. The summed E-state index contributed by atoms with van der Waals surface area (Å²) in [6.45, 7) is 4.34. The van der Waals surface area contributed by atoms with E-state index < -0.39 is 21.7 Å². The second kappa shape index (κ2) is 8.19. The van der Waals surface area contributed by atoms with Crippen LogP contribution in [0.1, 0.15) is 23.4 Å². The number of rotatable bonds is 4. The van der Waals surface area contributed by atoms with Gasteiger partial charge in [-0.2, -0.15) is 4.31 Å². The van der Waals surface area contributed by atoms with Crippen molar-refractivity contribution in [3.63, 3.8) is 0 Å². The van der Waals surface area contributed by atoms with Crippen LogP contribution in [0.15, 0.2) is 21.6 Å². The fraction of sp³-hybridized carbons (Fsp3) is 0.500. The molecule has 1 saturated heterocycles. The molecule has 0 unspecified atom stereocenters. The first-order valence-corrected chi connectivity index (χ1v) is 11.6. The molecule has 4 rings (SSSR count). The van der Waals surface area contributed by atoms with Crippen molar-refractivity contribution in [2.45, 2.75) is 31.6 Å². The standard InChI is InChI=1S/C20H24F2N4O4S/c1-13-20(14(2)30-23-13)31(28,29)26-8-6-24(7-9-26)18(27)12-25-5-3-4-15-10-16(21)11-17(22)19(15)25/h10-11H,3-9,12H2,1-2H3. The smallest absolute Gasteiger partial charge is 0.248 e. The number of benzene rings is 1. The summed E-state index contributed by atoms with van der Waals surface area (Å²) >= 11 is 0. The third kappa shape index (κ3) is 4.03. The molecule has 31 heavy (non-hydrogen) atoms. The number of amides is 1. The van der Waals surface area contributed by atoms with Crippen LogP contribution in [-0.2, 0) is 21.2 Å².